The van der Waals surface area contributed by atoms with Crippen molar-refractivity contribution in [3.05, 3.63) is 42.1 Å². The highest BCUT2D eigenvalue weighted by Gasteiger charge is 2.25. The third kappa shape index (κ3) is 2.85. The molecule has 0 spiro atoms. The van der Waals surface area contributed by atoms with Crippen LogP contribution in [0, 0.1) is 5.92 Å². The molecule has 2 nitrogen and oxygen atoms in total. The van der Waals surface area contributed by atoms with E-state index < -0.39 is 0 Å². The van der Waals surface area contributed by atoms with Crippen molar-refractivity contribution < 1.29 is 0 Å². The van der Waals surface area contributed by atoms with Gasteiger partial charge in [0.25, 0.3) is 0 Å². The van der Waals surface area contributed by atoms with Gasteiger partial charge in [0.15, 0.2) is 0 Å². The fourth-order valence-electron chi connectivity index (χ4n) is 3.43. The zero-order chi connectivity index (χ0) is 13.8. The number of benzene rings is 1. The van der Waals surface area contributed by atoms with Gasteiger partial charge in [-0.15, -0.1) is 0 Å². The molecular weight excluding hydrogens is 244 g/mol. The molecule has 3 rings (SSSR count). The Balaban J connectivity index is 1.90. The summed E-state index contributed by atoms with van der Waals surface area (Å²) in [6, 6.07) is 11.5. The average molecular weight is 268 g/mol. The lowest BCUT2D eigenvalue weighted by Gasteiger charge is -2.25. The molecule has 2 aromatic rings. The van der Waals surface area contributed by atoms with Crippen LogP contribution in [0.5, 0.6) is 0 Å². The second-order valence-electron chi connectivity index (χ2n) is 5.93. The summed E-state index contributed by atoms with van der Waals surface area (Å²) >= 11 is 0. The second kappa shape index (κ2) is 6.36. The van der Waals surface area contributed by atoms with Crippen molar-refractivity contribution in [1.82, 2.24) is 10.3 Å². The van der Waals surface area contributed by atoms with Gasteiger partial charge < -0.3 is 5.32 Å². The van der Waals surface area contributed by atoms with Crippen LogP contribution in [0.25, 0.3) is 10.9 Å². The highest BCUT2D eigenvalue weighted by atomic mass is 14.9. The first-order valence-corrected chi connectivity index (χ1v) is 7.96. The molecule has 0 aliphatic heterocycles. The lowest BCUT2D eigenvalue weighted by molar-refractivity contribution is 0.368. The van der Waals surface area contributed by atoms with Crippen LogP contribution in [0.1, 0.15) is 50.6 Å². The lowest BCUT2D eigenvalue weighted by Crippen LogP contribution is -2.27. The number of hydrogen-bond acceptors (Lipinski definition) is 2. The maximum Gasteiger partial charge on any atom is 0.0702 e. The van der Waals surface area contributed by atoms with Crippen LogP contribution in [0.3, 0.4) is 0 Å². The van der Waals surface area contributed by atoms with Crippen molar-refractivity contribution >= 4 is 10.9 Å². The molecule has 1 heterocycles. The van der Waals surface area contributed by atoms with Gasteiger partial charge in [0.2, 0.25) is 0 Å². The number of pyridine rings is 1. The minimum absolute atomic E-state index is 0.516. The van der Waals surface area contributed by atoms with Gasteiger partial charge in [-0.25, -0.2) is 0 Å². The maximum atomic E-state index is 4.42. The Morgan fingerprint density at radius 1 is 1.25 bits per heavy atom. The molecule has 0 saturated heterocycles. The molecule has 0 radical (unpaired) electrons. The van der Waals surface area contributed by atoms with Crippen LogP contribution < -0.4 is 5.32 Å². The van der Waals surface area contributed by atoms with Gasteiger partial charge in [0, 0.05) is 17.6 Å². The van der Waals surface area contributed by atoms with E-state index in [1.807, 2.05) is 12.3 Å². The first-order valence-electron chi connectivity index (χ1n) is 7.96. The van der Waals surface area contributed by atoms with Crippen molar-refractivity contribution in [1.29, 1.82) is 0 Å². The summed E-state index contributed by atoms with van der Waals surface area (Å²) in [7, 11) is 0. The maximum absolute atomic E-state index is 4.42. The van der Waals surface area contributed by atoms with Crippen molar-refractivity contribution in [3.63, 3.8) is 0 Å². The molecule has 0 bridgehead atoms. The fourth-order valence-corrected chi connectivity index (χ4v) is 3.43. The van der Waals surface area contributed by atoms with Crippen LogP contribution in [-0.2, 0) is 0 Å². The standard InChI is InChI=1S/C18H24N2/c1-2-11-20-18(14-6-3-4-7-14)16-9-10-17-15(13-16)8-5-12-19-17/h5,8-10,12-14,18,20H,2-4,6-7,11H2,1H3. The number of nitrogens with one attached hydrogen (secondary N) is 1. The third-order valence-corrected chi connectivity index (χ3v) is 4.47. The van der Waals surface area contributed by atoms with Gasteiger partial charge in [-0.3, -0.25) is 4.98 Å². The first kappa shape index (κ1) is 13.6. The molecule has 1 aliphatic rings. The minimum Gasteiger partial charge on any atom is -0.310 e. The Labute approximate surface area is 121 Å². The molecule has 1 aromatic carbocycles. The van der Waals surface area contributed by atoms with Gasteiger partial charge >= 0.3 is 0 Å². The molecule has 1 N–H and O–H groups in total. The summed E-state index contributed by atoms with van der Waals surface area (Å²) in [5.74, 6) is 0.802. The Hall–Kier alpha value is -1.41. The van der Waals surface area contributed by atoms with E-state index in [2.05, 4.69) is 41.5 Å². The van der Waals surface area contributed by atoms with Crippen LogP contribution >= 0.6 is 0 Å². The lowest BCUT2D eigenvalue weighted by atomic mass is 9.90. The SMILES string of the molecule is CCCNC(c1ccc2ncccc2c1)C1CCCC1. The molecule has 1 aromatic heterocycles. The number of rotatable bonds is 5. The van der Waals surface area contributed by atoms with Gasteiger partial charge in [-0.05, 0) is 55.5 Å². The van der Waals surface area contributed by atoms with Gasteiger partial charge in [0.05, 0.1) is 5.52 Å². The summed E-state index contributed by atoms with van der Waals surface area (Å²) in [5, 5.41) is 5.03. The number of nitrogens with zero attached hydrogens (tertiary/aromatic N) is 1. The highest BCUT2D eigenvalue weighted by molar-refractivity contribution is 5.79. The van der Waals surface area contributed by atoms with E-state index in [9.17, 15) is 0 Å². The molecule has 1 aliphatic carbocycles. The summed E-state index contributed by atoms with van der Waals surface area (Å²) in [6.07, 6.45) is 8.58. The first-order chi connectivity index (χ1) is 9.88. The molecule has 1 fully saturated rings. The van der Waals surface area contributed by atoms with Crippen molar-refractivity contribution in [2.45, 2.75) is 45.1 Å². The van der Waals surface area contributed by atoms with Gasteiger partial charge in [0.1, 0.15) is 0 Å². The minimum atomic E-state index is 0.516. The van der Waals surface area contributed by atoms with Crippen LogP contribution in [0.2, 0.25) is 0 Å². The monoisotopic (exact) mass is 268 g/mol. The Morgan fingerprint density at radius 2 is 2.10 bits per heavy atom. The van der Waals surface area contributed by atoms with Crippen LogP contribution in [0.4, 0.5) is 0 Å². The average Bonchev–Trinajstić information content (AvgIpc) is 3.02. The summed E-state index contributed by atoms with van der Waals surface area (Å²) in [6.45, 7) is 3.34. The van der Waals surface area contributed by atoms with Gasteiger partial charge in [-0.2, -0.15) is 0 Å². The van der Waals surface area contributed by atoms with Crippen molar-refractivity contribution in [2.75, 3.05) is 6.54 Å². The van der Waals surface area contributed by atoms with E-state index in [1.165, 1.54) is 43.1 Å². The molecular formula is C18H24N2. The summed E-state index contributed by atoms with van der Waals surface area (Å²) < 4.78 is 0. The fraction of sp³-hybridized carbons (Fsp3) is 0.500. The Bertz CT molecular complexity index is 558. The normalized spacial score (nSPS) is 17.6. The topological polar surface area (TPSA) is 24.9 Å². The number of fused-ring (bicyclic) bond motifs is 1. The zero-order valence-electron chi connectivity index (χ0n) is 12.3. The summed E-state index contributed by atoms with van der Waals surface area (Å²) in [4.78, 5) is 4.42. The predicted molar refractivity (Wildman–Crippen MR) is 84.7 cm³/mol. The van der Waals surface area contributed by atoms with E-state index in [1.54, 1.807) is 0 Å². The third-order valence-electron chi connectivity index (χ3n) is 4.47. The molecule has 2 heteroatoms. The van der Waals surface area contributed by atoms with Crippen LogP contribution in [0.15, 0.2) is 36.5 Å². The molecule has 1 unspecified atom stereocenters. The van der Waals surface area contributed by atoms with E-state index in [0.717, 1.165) is 18.0 Å². The molecule has 0 amide bonds. The Morgan fingerprint density at radius 3 is 2.90 bits per heavy atom. The number of aromatic nitrogens is 1. The van der Waals surface area contributed by atoms with Crippen molar-refractivity contribution in [2.24, 2.45) is 5.92 Å². The molecule has 106 valence electrons. The van der Waals surface area contributed by atoms with E-state index >= 15 is 0 Å². The number of hydrogen-bond donors (Lipinski definition) is 1. The molecule has 20 heavy (non-hydrogen) atoms. The van der Waals surface area contributed by atoms with E-state index in [-0.39, 0.29) is 0 Å². The quantitative estimate of drug-likeness (QED) is 0.865. The van der Waals surface area contributed by atoms with E-state index in [0.29, 0.717) is 6.04 Å². The Kier molecular flexibility index (Phi) is 4.31. The van der Waals surface area contributed by atoms with E-state index in [4.69, 9.17) is 0 Å². The van der Waals surface area contributed by atoms with Crippen molar-refractivity contribution in [3.8, 4) is 0 Å². The summed E-state index contributed by atoms with van der Waals surface area (Å²) in [5.41, 5.74) is 2.53. The highest BCUT2D eigenvalue weighted by Crippen LogP contribution is 2.36. The largest absolute Gasteiger partial charge is 0.310 e. The second-order valence-corrected chi connectivity index (χ2v) is 5.93. The molecule has 1 atom stereocenters. The molecule has 1 saturated carbocycles. The predicted octanol–water partition coefficient (Wildman–Crippen LogP) is 4.47. The smallest absolute Gasteiger partial charge is 0.0702 e. The zero-order valence-corrected chi connectivity index (χ0v) is 12.3. The van der Waals surface area contributed by atoms with Gasteiger partial charge in [-0.1, -0.05) is 31.9 Å². The van der Waals surface area contributed by atoms with Crippen LogP contribution in [-0.4, -0.2) is 11.5 Å².